The molecule has 0 saturated carbocycles. The summed E-state index contributed by atoms with van der Waals surface area (Å²) < 4.78 is 51.3. The number of halogens is 3. The average molecular weight is 415 g/mol. The lowest BCUT2D eigenvalue weighted by molar-refractivity contribution is -0.137. The number of rotatable bonds is 5. The van der Waals surface area contributed by atoms with E-state index in [2.05, 4.69) is 10.3 Å². The van der Waals surface area contributed by atoms with Gasteiger partial charge in [0.2, 0.25) is 5.95 Å². The van der Waals surface area contributed by atoms with E-state index in [1.165, 1.54) is 19.4 Å². The van der Waals surface area contributed by atoms with E-state index in [1.807, 2.05) is 0 Å². The van der Waals surface area contributed by atoms with Gasteiger partial charge in [-0.05, 0) is 54.6 Å². The molecule has 154 valence electrons. The van der Waals surface area contributed by atoms with E-state index in [4.69, 9.17) is 9.15 Å². The maximum absolute atomic E-state index is 13.1. The van der Waals surface area contributed by atoms with Crippen molar-refractivity contribution < 1.29 is 27.1 Å². The predicted molar refractivity (Wildman–Crippen MR) is 103 cm³/mol. The third kappa shape index (κ3) is 3.86. The minimum absolute atomic E-state index is 0.112. The number of nitrogens with zero attached hydrogens (tertiary/aromatic N) is 2. The fourth-order valence-corrected chi connectivity index (χ4v) is 3.04. The summed E-state index contributed by atoms with van der Waals surface area (Å²) in [6.07, 6.45) is -3.00. The molecule has 0 bridgehead atoms. The van der Waals surface area contributed by atoms with Crippen LogP contribution in [0, 0.1) is 0 Å². The number of imidazole rings is 1. The van der Waals surface area contributed by atoms with E-state index in [0.717, 1.165) is 12.1 Å². The van der Waals surface area contributed by atoms with Crippen molar-refractivity contribution in [1.82, 2.24) is 9.55 Å². The van der Waals surface area contributed by atoms with Gasteiger partial charge < -0.3 is 13.7 Å². The first-order chi connectivity index (χ1) is 14.3. The molecule has 0 aliphatic heterocycles. The van der Waals surface area contributed by atoms with Gasteiger partial charge in [-0.2, -0.15) is 13.2 Å². The molecule has 0 unspecified atom stereocenters. The minimum atomic E-state index is -4.49. The molecule has 4 aromatic rings. The molecule has 0 fully saturated rings. The molecule has 30 heavy (non-hydrogen) atoms. The maximum Gasteiger partial charge on any atom is 0.416 e. The molecule has 0 aliphatic rings. The number of methoxy groups -OCH3 is 1. The molecule has 0 radical (unpaired) electrons. The normalized spacial score (nSPS) is 11.6. The van der Waals surface area contributed by atoms with Gasteiger partial charge in [0.05, 0.1) is 36.5 Å². The van der Waals surface area contributed by atoms with Crippen LogP contribution in [0.4, 0.5) is 19.1 Å². The highest BCUT2D eigenvalue weighted by Gasteiger charge is 2.31. The summed E-state index contributed by atoms with van der Waals surface area (Å²) >= 11 is 0. The molecular weight excluding hydrogens is 399 g/mol. The number of carbonyl (C=O) groups is 1. The van der Waals surface area contributed by atoms with E-state index < -0.39 is 17.6 Å². The van der Waals surface area contributed by atoms with Crippen molar-refractivity contribution in [2.24, 2.45) is 0 Å². The van der Waals surface area contributed by atoms with Crippen LogP contribution in [0.15, 0.2) is 65.3 Å². The monoisotopic (exact) mass is 415 g/mol. The van der Waals surface area contributed by atoms with Crippen LogP contribution in [-0.2, 0) is 12.7 Å². The minimum Gasteiger partial charge on any atom is -0.497 e. The van der Waals surface area contributed by atoms with Gasteiger partial charge in [0.25, 0.3) is 5.91 Å². The largest absolute Gasteiger partial charge is 0.497 e. The number of alkyl halides is 3. The zero-order valence-corrected chi connectivity index (χ0v) is 15.7. The molecule has 0 atom stereocenters. The van der Waals surface area contributed by atoms with Crippen LogP contribution in [0.3, 0.4) is 0 Å². The lowest BCUT2D eigenvalue weighted by Gasteiger charge is -2.10. The molecule has 2 aromatic heterocycles. The van der Waals surface area contributed by atoms with E-state index in [9.17, 15) is 18.0 Å². The van der Waals surface area contributed by atoms with Gasteiger partial charge in [-0.3, -0.25) is 10.1 Å². The van der Waals surface area contributed by atoms with Crippen molar-refractivity contribution in [3.05, 3.63) is 77.7 Å². The summed E-state index contributed by atoms with van der Waals surface area (Å²) in [5, 5.41) is 2.67. The maximum atomic E-state index is 13.1. The molecule has 0 spiro atoms. The summed E-state index contributed by atoms with van der Waals surface area (Å²) in [4.78, 5) is 16.9. The van der Waals surface area contributed by atoms with E-state index in [1.54, 1.807) is 41.0 Å². The quantitative estimate of drug-likeness (QED) is 0.500. The Morgan fingerprint density at radius 3 is 2.57 bits per heavy atom. The number of amides is 1. The van der Waals surface area contributed by atoms with E-state index in [0.29, 0.717) is 22.6 Å². The number of hydrogen-bond donors (Lipinski definition) is 1. The van der Waals surface area contributed by atoms with Crippen molar-refractivity contribution in [1.29, 1.82) is 0 Å². The van der Waals surface area contributed by atoms with Crippen LogP contribution in [-0.4, -0.2) is 22.6 Å². The van der Waals surface area contributed by atoms with Crippen LogP contribution in [0.25, 0.3) is 11.0 Å². The van der Waals surface area contributed by atoms with Crippen molar-refractivity contribution in [2.45, 2.75) is 12.7 Å². The molecule has 1 amide bonds. The fourth-order valence-electron chi connectivity index (χ4n) is 3.04. The third-order valence-electron chi connectivity index (χ3n) is 4.55. The highest BCUT2D eigenvalue weighted by molar-refractivity contribution is 6.04. The number of fused-ring (bicyclic) bond motifs is 1. The van der Waals surface area contributed by atoms with Crippen LogP contribution in [0.5, 0.6) is 5.75 Å². The average Bonchev–Trinajstić information content (AvgIpc) is 3.35. The molecule has 0 saturated heterocycles. The second-order valence-electron chi connectivity index (χ2n) is 6.48. The highest BCUT2D eigenvalue weighted by Crippen LogP contribution is 2.32. The molecule has 1 N–H and O–H groups in total. The highest BCUT2D eigenvalue weighted by atomic mass is 19.4. The number of aromatic nitrogens is 2. The Bertz CT molecular complexity index is 1180. The molecular formula is C21H16F3N3O3. The van der Waals surface area contributed by atoms with Crippen molar-refractivity contribution in [3.8, 4) is 5.75 Å². The Morgan fingerprint density at radius 2 is 1.93 bits per heavy atom. The summed E-state index contributed by atoms with van der Waals surface area (Å²) in [6, 6.07) is 13.1. The van der Waals surface area contributed by atoms with Gasteiger partial charge in [0.15, 0.2) is 0 Å². The SMILES string of the molecule is COc1ccc(C(=O)Nc2nc3cc(C(F)(F)F)ccc3n2Cc2ccco2)cc1. The molecule has 2 aromatic carbocycles. The summed E-state index contributed by atoms with van der Waals surface area (Å²) in [5.41, 5.74) is 0.0832. The van der Waals surface area contributed by atoms with Gasteiger partial charge in [-0.15, -0.1) is 0 Å². The number of anilines is 1. The van der Waals surface area contributed by atoms with E-state index in [-0.39, 0.29) is 18.0 Å². The van der Waals surface area contributed by atoms with Crippen molar-refractivity contribution in [3.63, 3.8) is 0 Å². The standard InChI is InChI=1S/C21H16F3N3O3/c1-29-15-7-4-13(5-8-15)19(28)26-20-25-17-11-14(21(22,23)24)6-9-18(17)27(20)12-16-3-2-10-30-16/h2-11H,12H2,1H3,(H,25,26,28). The molecule has 6 nitrogen and oxygen atoms in total. The summed E-state index contributed by atoms with van der Waals surface area (Å²) in [6.45, 7) is 0.188. The molecule has 0 aliphatic carbocycles. The lowest BCUT2D eigenvalue weighted by atomic mass is 10.2. The first kappa shape index (κ1) is 19.6. The molecule has 9 heteroatoms. The van der Waals surface area contributed by atoms with Gasteiger partial charge in [-0.1, -0.05) is 0 Å². The molecule has 4 rings (SSSR count). The second-order valence-corrected chi connectivity index (χ2v) is 6.48. The van der Waals surface area contributed by atoms with Crippen LogP contribution >= 0.6 is 0 Å². The number of carbonyl (C=O) groups excluding carboxylic acids is 1. The summed E-state index contributed by atoms with van der Waals surface area (Å²) in [7, 11) is 1.52. The Kier molecular flexibility index (Phi) is 4.94. The van der Waals surface area contributed by atoms with Gasteiger partial charge in [-0.25, -0.2) is 4.98 Å². The zero-order valence-electron chi connectivity index (χ0n) is 15.7. The third-order valence-corrected chi connectivity index (χ3v) is 4.55. The van der Waals surface area contributed by atoms with E-state index >= 15 is 0 Å². The summed E-state index contributed by atoms with van der Waals surface area (Å²) in [5.74, 6) is 0.816. The van der Waals surface area contributed by atoms with Gasteiger partial charge in [0.1, 0.15) is 11.5 Å². The van der Waals surface area contributed by atoms with Crippen molar-refractivity contribution >= 4 is 22.9 Å². The fraction of sp³-hybridized carbons (Fsp3) is 0.143. The van der Waals surface area contributed by atoms with Crippen molar-refractivity contribution in [2.75, 3.05) is 12.4 Å². The van der Waals surface area contributed by atoms with Crippen LogP contribution < -0.4 is 10.1 Å². The number of furan rings is 1. The first-order valence-electron chi connectivity index (χ1n) is 8.90. The molecule has 2 heterocycles. The van der Waals surface area contributed by atoms with Gasteiger partial charge in [0, 0.05) is 5.56 Å². The first-order valence-corrected chi connectivity index (χ1v) is 8.90. The Balaban J connectivity index is 1.73. The number of ether oxygens (including phenoxy) is 1. The Hall–Kier alpha value is -3.75. The number of benzene rings is 2. The lowest BCUT2D eigenvalue weighted by Crippen LogP contribution is -2.16. The van der Waals surface area contributed by atoms with Gasteiger partial charge >= 0.3 is 6.18 Å². The zero-order chi connectivity index (χ0) is 21.3. The Labute approximate surface area is 168 Å². The number of hydrogen-bond acceptors (Lipinski definition) is 4. The number of nitrogens with one attached hydrogen (secondary N) is 1. The van der Waals surface area contributed by atoms with Crippen LogP contribution in [0.2, 0.25) is 0 Å². The predicted octanol–water partition coefficient (Wildman–Crippen LogP) is 4.96. The Morgan fingerprint density at radius 1 is 1.17 bits per heavy atom. The smallest absolute Gasteiger partial charge is 0.416 e. The second kappa shape index (κ2) is 7.58. The topological polar surface area (TPSA) is 69.3 Å². The van der Waals surface area contributed by atoms with Crippen LogP contribution in [0.1, 0.15) is 21.7 Å².